The first kappa shape index (κ1) is 13.5. The van der Waals surface area contributed by atoms with Gasteiger partial charge >= 0.3 is 0 Å². The number of carbonyl (C=O) groups excluding carboxylic acids is 1. The van der Waals surface area contributed by atoms with Gasteiger partial charge in [-0.3, -0.25) is 4.79 Å². The second kappa shape index (κ2) is 5.16. The van der Waals surface area contributed by atoms with Gasteiger partial charge < -0.3 is 10.4 Å². The summed E-state index contributed by atoms with van der Waals surface area (Å²) in [4.78, 5) is 12.0. The summed E-state index contributed by atoms with van der Waals surface area (Å²) in [6, 6.07) is 9.73. The van der Waals surface area contributed by atoms with E-state index in [2.05, 4.69) is 5.32 Å². The Balaban J connectivity index is 1.66. The van der Waals surface area contributed by atoms with Crippen LogP contribution < -0.4 is 5.32 Å². The molecule has 0 bridgehead atoms. The van der Waals surface area contributed by atoms with Crippen molar-refractivity contribution in [2.24, 2.45) is 5.92 Å². The second-order valence-electron chi connectivity index (χ2n) is 5.15. The highest BCUT2D eigenvalue weighted by molar-refractivity contribution is 5.95. The summed E-state index contributed by atoms with van der Waals surface area (Å²) in [5, 5.41) is 11.7. The fraction of sp³-hybridized carbons (Fsp3) is 0.188. The monoisotopic (exact) mass is 289 g/mol. The number of amides is 1. The molecule has 0 aromatic heterocycles. The Bertz CT molecular complexity index is 685. The fourth-order valence-corrected chi connectivity index (χ4v) is 2.39. The number of rotatable bonds is 3. The van der Waals surface area contributed by atoms with Crippen LogP contribution in [0.4, 0.5) is 14.5 Å². The number of halogens is 2. The molecule has 0 aliphatic heterocycles. The van der Waals surface area contributed by atoms with Crippen LogP contribution in [0.3, 0.4) is 0 Å². The molecule has 108 valence electrons. The summed E-state index contributed by atoms with van der Waals surface area (Å²) in [6.45, 7) is 0. The highest BCUT2D eigenvalue weighted by Crippen LogP contribution is 2.48. The van der Waals surface area contributed by atoms with Crippen LogP contribution in [0.1, 0.15) is 17.9 Å². The maximum atomic E-state index is 13.5. The molecule has 1 amide bonds. The van der Waals surface area contributed by atoms with Gasteiger partial charge in [0.2, 0.25) is 5.91 Å². The number of anilines is 1. The van der Waals surface area contributed by atoms with E-state index in [1.54, 1.807) is 24.3 Å². The van der Waals surface area contributed by atoms with Gasteiger partial charge in [0.15, 0.2) is 0 Å². The summed E-state index contributed by atoms with van der Waals surface area (Å²) < 4.78 is 26.3. The van der Waals surface area contributed by atoms with E-state index < -0.39 is 11.6 Å². The highest BCUT2D eigenvalue weighted by Gasteiger charge is 2.44. The summed E-state index contributed by atoms with van der Waals surface area (Å²) in [7, 11) is 0. The Labute approximate surface area is 120 Å². The number of hydrogen-bond acceptors (Lipinski definition) is 2. The van der Waals surface area contributed by atoms with Gasteiger partial charge in [0, 0.05) is 12.0 Å². The molecular formula is C16H13F2NO2. The van der Waals surface area contributed by atoms with Crippen LogP contribution in [0.25, 0.3) is 0 Å². The number of benzene rings is 2. The van der Waals surface area contributed by atoms with Gasteiger partial charge in [-0.2, -0.15) is 0 Å². The van der Waals surface area contributed by atoms with Gasteiger partial charge in [0.05, 0.1) is 5.69 Å². The van der Waals surface area contributed by atoms with Crippen LogP contribution in [0.2, 0.25) is 0 Å². The van der Waals surface area contributed by atoms with Gasteiger partial charge in [-0.1, -0.05) is 12.1 Å². The molecule has 5 heteroatoms. The van der Waals surface area contributed by atoms with Gasteiger partial charge in [-0.15, -0.1) is 0 Å². The van der Waals surface area contributed by atoms with Crippen molar-refractivity contribution >= 4 is 11.6 Å². The SMILES string of the molecule is O=C(Nc1ccc(F)cc1F)C1CC1c1ccc(O)cc1. The third-order valence-corrected chi connectivity index (χ3v) is 3.64. The number of hydrogen-bond donors (Lipinski definition) is 2. The van der Waals surface area contributed by atoms with E-state index in [1.165, 1.54) is 6.07 Å². The maximum absolute atomic E-state index is 13.5. The number of aromatic hydroxyl groups is 1. The van der Waals surface area contributed by atoms with Crippen molar-refractivity contribution in [2.45, 2.75) is 12.3 Å². The largest absolute Gasteiger partial charge is 0.508 e. The molecule has 0 saturated heterocycles. The van der Waals surface area contributed by atoms with E-state index in [0.717, 1.165) is 17.7 Å². The zero-order valence-electron chi connectivity index (χ0n) is 11.0. The molecule has 3 rings (SSSR count). The van der Waals surface area contributed by atoms with Gasteiger partial charge in [-0.25, -0.2) is 8.78 Å². The Hall–Kier alpha value is -2.43. The molecule has 0 heterocycles. The Morgan fingerprint density at radius 1 is 1.14 bits per heavy atom. The molecule has 21 heavy (non-hydrogen) atoms. The third kappa shape index (κ3) is 2.86. The molecule has 1 fully saturated rings. The molecule has 2 aromatic carbocycles. The van der Waals surface area contributed by atoms with Crippen molar-refractivity contribution in [3.63, 3.8) is 0 Å². The van der Waals surface area contributed by atoms with Crippen LogP contribution in [0, 0.1) is 17.6 Å². The molecule has 1 saturated carbocycles. The number of phenols is 1. The summed E-state index contributed by atoms with van der Waals surface area (Å²) in [5.74, 6) is -1.72. The average Bonchev–Trinajstić information content (AvgIpc) is 3.23. The topological polar surface area (TPSA) is 49.3 Å². The quantitative estimate of drug-likeness (QED) is 0.909. The van der Waals surface area contributed by atoms with Crippen LogP contribution in [0.15, 0.2) is 42.5 Å². The molecule has 2 unspecified atom stereocenters. The molecule has 2 atom stereocenters. The third-order valence-electron chi connectivity index (χ3n) is 3.64. The Morgan fingerprint density at radius 3 is 2.52 bits per heavy atom. The summed E-state index contributed by atoms with van der Waals surface area (Å²) in [6.07, 6.45) is 0.680. The smallest absolute Gasteiger partial charge is 0.228 e. The second-order valence-corrected chi connectivity index (χ2v) is 5.15. The number of nitrogens with one attached hydrogen (secondary N) is 1. The van der Waals surface area contributed by atoms with Crippen LogP contribution in [-0.4, -0.2) is 11.0 Å². The first-order valence-electron chi connectivity index (χ1n) is 6.59. The lowest BCUT2D eigenvalue weighted by Crippen LogP contribution is -2.15. The zero-order valence-corrected chi connectivity index (χ0v) is 11.0. The van der Waals surface area contributed by atoms with Crippen molar-refractivity contribution in [2.75, 3.05) is 5.32 Å². The first-order chi connectivity index (χ1) is 10.0. The molecular weight excluding hydrogens is 276 g/mol. The lowest BCUT2D eigenvalue weighted by molar-refractivity contribution is -0.117. The van der Waals surface area contributed by atoms with Crippen molar-refractivity contribution in [3.05, 3.63) is 59.7 Å². The standard InChI is InChI=1S/C16H13F2NO2/c17-10-3-6-15(14(18)7-10)19-16(21)13-8-12(13)9-1-4-11(20)5-2-9/h1-7,12-13,20H,8H2,(H,19,21). The number of carbonyl (C=O) groups is 1. The van der Waals surface area contributed by atoms with Gasteiger partial charge in [0.1, 0.15) is 17.4 Å². The van der Waals surface area contributed by atoms with Gasteiger partial charge in [0.25, 0.3) is 0 Å². The minimum Gasteiger partial charge on any atom is -0.508 e. The zero-order chi connectivity index (χ0) is 15.0. The minimum atomic E-state index is -0.787. The summed E-state index contributed by atoms with van der Waals surface area (Å²) >= 11 is 0. The lowest BCUT2D eigenvalue weighted by atomic mass is 10.1. The first-order valence-corrected chi connectivity index (χ1v) is 6.59. The van der Waals surface area contributed by atoms with Gasteiger partial charge in [-0.05, 0) is 42.2 Å². The predicted molar refractivity (Wildman–Crippen MR) is 73.9 cm³/mol. The lowest BCUT2D eigenvalue weighted by Gasteiger charge is -2.06. The minimum absolute atomic E-state index is 0.0160. The van der Waals surface area contributed by atoms with E-state index in [-0.39, 0.29) is 29.2 Å². The normalized spacial score (nSPS) is 20.1. The molecule has 2 N–H and O–H groups in total. The van der Waals surface area contributed by atoms with Crippen molar-refractivity contribution in [3.8, 4) is 5.75 Å². The summed E-state index contributed by atoms with van der Waals surface area (Å²) in [5.41, 5.74) is 0.949. The molecule has 3 nitrogen and oxygen atoms in total. The van der Waals surface area contributed by atoms with E-state index in [0.29, 0.717) is 6.42 Å². The van der Waals surface area contributed by atoms with Crippen molar-refractivity contribution in [1.82, 2.24) is 0 Å². The van der Waals surface area contributed by atoms with Crippen molar-refractivity contribution in [1.29, 1.82) is 0 Å². The number of phenolic OH excluding ortho intramolecular Hbond substituents is 1. The van der Waals surface area contributed by atoms with E-state index in [4.69, 9.17) is 0 Å². The van der Waals surface area contributed by atoms with E-state index in [9.17, 15) is 18.7 Å². The van der Waals surface area contributed by atoms with E-state index in [1.807, 2.05) is 0 Å². The molecule has 1 aliphatic rings. The Kier molecular flexibility index (Phi) is 3.33. The average molecular weight is 289 g/mol. The van der Waals surface area contributed by atoms with Crippen LogP contribution in [-0.2, 0) is 4.79 Å². The highest BCUT2D eigenvalue weighted by atomic mass is 19.1. The molecule has 1 aliphatic carbocycles. The maximum Gasteiger partial charge on any atom is 0.228 e. The van der Waals surface area contributed by atoms with Crippen molar-refractivity contribution < 1.29 is 18.7 Å². The van der Waals surface area contributed by atoms with E-state index >= 15 is 0 Å². The molecule has 0 radical (unpaired) electrons. The Morgan fingerprint density at radius 2 is 1.86 bits per heavy atom. The van der Waals surface area contributed by atoms with Crippen LogP contribution >= 0.6 is 0 Å². The van der Waals surface area contributed by atoms with Crippen LogP contribution in [0.5, 0.6) is 5.75 Å². The fourth-order valence-electron chi connectivity index (χ4n) is 2.39. The predicted octanol–water partition coefficient (Wildman–Crippen LogP) is 3.41. The molecule has 0 spiro atoms. The molecule has 2 aromatic rings.